The molecule has 0 amide bonds. The van der Waals surface area contributed by atoms with E-state index in [0.29, 0.717) is 0 Å². The second kappa shape index (κ2) is 8.80. The molecule has 1 unspecified atom stereocenters. The van der Waals surface area contributed by atoms with E-state index in [1.807, 2.05) is 59.8 Å². The third-order valence-electron chi connectivity index (χ3n) is 5.83. The molecule has 0 bridgehead atoms. The topological polar surface area (TPSA) is 69.1 Å². The minimum Gasteiger partial charge on any atom is -0.480 e. The van der Waals surface area contributed by atoms with E-state index >= 15 is 0 Å². The van der Waals surface area contributed by atoms with Crippen LogP contribution < -0.4 is 9.64 Å². The average molecular weight is 396 g/mol. The Labute approximate surface area is 171 Å². The highest BCUT2D eigenvalue weighted by Crippen LogP contribution is 2.35. The van der Waals surface area contributed by atoms with Gasteiger partial charge < -0.3 is 14.7 Å². The van der Waals surface area contributed by atoms with E-state index in [0.717, 1.165) is 57.7 Å². The summed E-state index contributed by atoms with van der Waals surface area (Å²) in [6.07, 6.45) is 6.44. The van der Waals surface area contributed by atoms with E-state index in [4.69, 9.17) is 4.74 Å². The average Bonchev–Trinajstić information content (AvgIpc) is 2.76. The number of para-hydroxylation sites is 1. The normalized spacial score (nSPS) is 23.7. The third-order valence-corrected chi connectivity index (χ3v) is 5.83. The Bertz CT molecular complexity index is 796. The van der Waals surface area contributed by atoms with Gasteiger partial charge >= 0.3 is 5.97 Å². The van der Waals surface area contributed by atoms with Gasteiger partial charge in [0.15, 0.2) is 0 Å². The predicted molar refractivity (Wildman–Crippen MR) is 111 cm³/mol. The van der Waals surface area contributed by atoms with Gasteiger partial charge in [0.05, 0.1) is 0 Å². The minimum absolute atomic E-state index is 0.0165. The molecule has 1 aromatic heterocycles. The van der Waals surface area contributed by atoms with Crippen LogP contribution in [0.5, 0.6) is 5.75 Å². The first-order chi connectivity index (χ1) is 14.2. The van der Waals surface area contributed by atoms with Crippen molar-refractivity contribution >= 4 is 11.7 Å². The molecule has 7 heteroatoms. The lowest BCUT2D eigenvalue weighted by Crippen LogP contribution is -2.70. The van der Waals surface area contributed by atoms with Gasteiger partial charge in [0.2, 0.25) is 5.85 Å². The van der Waals surface area contributed by atoms with Crippen molar-refractivity contribution in [1.29, 1.82) is 0 Å². The molecular formula is C22H28N4O3. The summed E-state index contributed by atoms with van der Waals surface area (Å²) in [4.78, 5) is 22.4. The summed E-state index contributed by atoms with van der Waals surface area (Å²) in [5, 5.41) is 9.52. The molecule has 1 atom stereocenters. The summed E-state index contributed by atoms with van der Waals surface area (Å²) in [7, 11) is 0. The molecule has 2 saturated heterocycles. The Morgan fingerprint density at radius 1 is 1.00 bits per heavy atom. The Hall–Kier alpha value is -2.64. The zero-order valence-electron chi connectivity index (χ0n) is 16.6. The minimum atomic E-state index is -0.816. The fourth-order valence-electron chi connectivity index (χ4n) is 4.44. The van der Waals surface area contributed by atoms with Gasteiger partial charge in [0, 0.05) is 57.2 Å². The fraction of sp³-hybridized carbons (Fsp3) is 0.455. The van der Waals surface area contributed by atoms with Crippen LogP contribution in [0.25, 0.3) is 0 Å². The molecule has 2 aliphatic rings. The molecular weight excluding hydrogens is 368 g/mol. The quantitative estimate of drug-likeness (QED) is 0.805. The number of hydrogen-bond donors (Lipinski definition) is 1. The summed E-state index contributed by atoms with van der Waals surface area (Å²) in [6, 6.07) is 13.8. The smallest absolute Gasteiger partial charge is 0.317 e. The van der Waals surface area contributed by atoms with Crippen LogP contribution in [0.3, 0.4) is 0 Å². The molecule has 154 valence electrons. The van der Waals surface area contributed by atoms with E-state index in [9.17, 15) is 9.90 Å². The van der Waals surface area contributed by atoms with Gasteiger partial charge in [-0.05, 0) is 37.1 Å². The number of carboxylic acid groups (broad SMARTS) is 1. The first kappa shape index (κ1) is 19.7. The number of aromatic nitrogens is 1. The van der Waals surface area contributed by atoms with E-state index in [2.05, 4.69) is 14.8 Å². The van der Waals surface area contributed by atoms with Crippen LogP contribution in [0.15, 0.2) is 54.9 Å². The molecule has 0 saturated carbocycles. The number of pyridine rings is 1. The van der Waals surface area contributed by atoms with Crippen LogP contribution in [0.2, 0.25) is 0 Å². The van der Waals surface area contributed by atoms with Gasteiger partial charge in [-0.25, -0.2) is 9.80 Å². The third kappa shape index (κ3) is 4.36. The Morgan fingerprint density at radius 2 is 1.72 bits per heavy atom. The maximum Gasteiger partial charge on any atom is 0.317 e. The first-order valence-corrected chi connectivity index (χ1v) is 10.3. The molecule has 29 heavy (non-hydrogen) atoms. The summed E-state index contributed by atoms with van der Waals surface area (Å²) in [5.74, 6) is -0.757. The highest BCUT2D eigenvalue weighted by Gasteiger charge is 2.48. The number of piperidine rings is 1. The van der Waals surface area contributed by atoms with Crippen molar-refractivity contribution in [3.63, 3.8) is 0 Å². The Morgan fingerprint density at radius 3 is 2.41 bits per heavy atom. The molecule has 2 aliphatic heterocycles. The van der Waals surface area contributed by atoms with Gasteiger partial charge in [0.1, 0.15) is 12.3 Å². The van der Waals surface area contributed by atoms with Gasteiger partial charge in [0.25, 0.3) is 0 Å². The van der Waals surface area contributed by atoms with E-state index < -0.39 is 11.8 Å². The van der Waals surface area contributed by atoms with Crippen molar-refractivity contribution in [2.24, 2.45) is 0 Å². The number of rotatable bonds is 6. The maximum absolute atomic E-state index is 11.6. The second-order valence-electron chi connectivity index (χ2n) is 7.61. The molecule has 7 nitrogen and oxygen atoms in total. The number of anilines is 1. The molecule has 4 rings (SSSR count). The van der Waals surface area contributed by atoms with Gasteiger partial charge in [-0.3, -0.25) is 9.78 Å². The van der Waals surface area contributed by atoms with Crippen molar-refractivity contribution in [1.82, 2.24) is 14.8 Å². The lowest BCUT2D eigenvalue weighted by atomic mass is 10.0. The summed E-state index contributed by atoms with van der Waals surface area (Å²) in [6.45, 7) is 4.06. The number of nitrogens with zero attached hydrogens (tertiary/aromatic N) is 4. The lowest BCUT2D eigenvalue weighted by molar-refractivity contribution is -0.218. The van der Waals surface area contributed by atoms with E-state index in [-0.39, 0.29) is 6.54 Å². The summed E-state index contributed by atoms with van der Waals surface area (Å²) < 4.78 is 6.60. The highest BCUT2D eigenvalue weighted by molar-refractivity contribution is 5.69. The van der Waals surface area contributed by atoms with E-state index in [1.165, 1.54) is 5.69 Å². The highest BCUT2D eigenvalue weighted by atomic mass is 16.5. The van der Waals surface area contributed by atoms with Crippen molar-refractivity contribution < 1.29 is 14.6 Å². The van der Waals surface area contributed by atoms with Gasteiger partial charge in [-0.1, -0.05) is 18.2 Å². The lowest BCUT2D eigenvalue weighted by Gasteiger charge is -2.54. The van der Waals surface area contributed by atoms with Gasteiger partial charge in [-0.2, -0.15) is 0 Å². The van der Waals surface area contributed by atoms with E-state index in [1.54, 1.807) is 0 Å². The van der Waals surface area contributed by atoms with Crippen LogP contribution in [0.1, 0.15) is 19.3 Å². The largest absolute Gasteiger partial charge is 0.480 e. The van der Waals surface area contributed by atoms with Crippen molar-refractivity contribution in [2.45, 2.75) is 25.1 Å². The number of carbonyl (C=O) groups is 1. The first-order valence-electron chi connectivity index (χ1n) is 10.3. The van der Waals surface area contributed by atoms with Crippen LogP contribution in [-0.4, -0.2) is 71.0 Å². The molecule has 3 heterocycles. The fourth-order valence-corrected chi connectivity index (χ4v) is 4.44. The zero-order valence-corrected chi connectivity index (χ0v) is 16.6. The summed E-state index contributed by atoms with van der Waals surface area (Å²) in [5.41, 5.74) is 1.17. The standard InChI is InChI=1S/C22H28N4O3/c27-21(28)18-26-13-5-4-10-22(26,29-20-6-2-1-3-7-20)25-16-14-24(15-17-25)19-8-11-23-12-9-19/h1-3,6-9,11-12H,4-5,10,13-18H2,(H,27,28). The van der Waals surface area contributed by atoms with Crippen molar-refractivity contribution in [2.75, 3.05) is 44.2 Å². The molecule has 2 fully saturated rings. The molecule has 1 N–H and O–H groups in total. The van der Waals surface area contributed by atoms with Crippen LogP contribution >= 0.6 is 0 Å². The number of carboxylic acids is 1. The number of likely N-dealkylation sites (tertiary alicyclic amines) is 1. The monoisotopic (exact) mass is 396 g/mol. The van der Waals surface area contributed by atoms with Crippen molar-refractivity contribution in [3.05, 3.63) is 54.9 Å². The number of benzene rings is 1. The molecule has 0 aliphatic carbocycles. The SMILES string of the molecule is O=C(O)CN1CCCCC1(Oc1ccccc1)N1CCN(c2ccncc2)CC1. The number of ether oxygens (including phenoxy) is 1. The number of hydrogen-bond acceptors (Lipinski definition) is 6. The van der Waals surface area contributed by atoms with Gasteiger partial charge in [-0.15, -0.1) is 0 Å². The molecule has 1 aromatic carbocycles. The van der Waals surface area contributed by atoms with Crippen LogP contribution in [0, 0.1) is 0 Å². The number of aliphatic carboxylic acids is 1. The van der Waals surface area contributed by atoms with Crippen molar-refractivity contribution in [3.8, 4) is 5.75 Å². The second-order valence-corrected chi connectivity index (χ2v) is 7.61. The zero-order chi connectivity index (χ0) is 20.1. The maximum atomic E-state index is 11.6. The molecule has 0 spiro atoms. The predicted octanol–water partition coefficient (Wildman–Crippen LogP) is 2.51. The Kier molecular flexibility index (Phi) is 5.97. The summed E-state index contributed by atoms with van der Waals surface area (Å²) >= 11 is 0. The number of piperazine rings is 1. The van der Waals surface area contributed by atoms with Crippen LogP contribution in [0.4, 0.5) is 5.69 Å². The molecule has 0 radical (unpaired) electrons. The van der Waals surface area contributed by atoms with Crippen LogP contribution in [-0.2, 0) is 4.79 Å². The Balaban J connectivity index is 1.57. The molecule has 2 aromatic rings.